The second kappa shape index (κ2) is 25.2. The molecule has 1 saturated heterocycles. The van der Waals surface area contributed by atoms with E-state index in [1.807, 2.05) is 4.90 Å². The van der Waals surface area contributed by atoms with Crippen LogP contribution in [0.3, 0.4) is 0 Å². The number of guanidine groups is 1. The minimum absolute atomic E-state index is 0.00883. The third-order valence-corrected chi connectivity index (χ3v) is 9.89. The van der Waals surface area contributed by atoms with Gasteiger partial charge in [0.15, 0.2) is 29.0 Å². The largest absolute Gasteiger partial charge is 0.481 e. The Morgan fingerprint density at radius 2 is 1.40 bits per heavy atom. The fraction of sp³-hybridized carbons (Fsp3) is 0.750. The molecule has 1 aliphatic carbocycles. The molecule has 2 aliphatic rings. The highest BCUT2D eigenvalue weighted by Gasteiger charge is 2.35. The van der Waals surface area contributed by atoms with Crippen LogP contribution in [0.15, 0.2) is 4.99 Å². The van der Waals surface area contributed by atoms with Crippen molar-refractivity contribution in [2.45, 2.75) is 115 Å². The first-order chi connectivity index (χ1) is 26.9. The molecule has 0 radical (unpaired) electrons. The van der Waals surface area contributed by atoms with E-state index in [-0.39, 0.29) is 44.1 Å². The lowest BCUT2D eigenvalue weighted by molar-refractivity contribution is -0.142. The first kappa shape index (κ1) is 48.9. The topological polar surface area (TPSA) is 280 Å². The van der Waals surface area contributed by atoms with Crippen molar-refractivity contribution in [2.24, 2.45) is 22.6 Å². The van der Waals surface area contributed by atoms with Crippen molar-refractivity contribution in [2.75, 3.05) is 46.9 Å². The molecule has 8 N–H and O–H groups in total. The Morgan fingerprint density at radius 1 is 0.842 bits per heavy atom. The third-order valence-electron chi connectivity index (χ3n) is 9.46. The van der Waals surface area contributed by atoms with Gasteiger partial charge in [-0.1, -0.05) is 46.0 Å². The maximum Gasteiger partial charge on any atom is 0.337 e. The van der Waals surface area contributed by atoms with Crippen molar-refractivity contribution in [3.8, 4) is 0 Å². The van der Waals surface area contributed by atoms with Gasteiger partial charge in [0.05, 0.1) is 19.6 Å². The zero-order valence-corrected chi connectivity index (χ0v) is 35.6. The average molecular weight is 922 g/mol. The molecule has 57 heavy (non-hydrogen) atoms. The van der Waals surface area contributed by atoms with Gasteiger partial charge in [-0.2, -0.15) is 0 Å². The minimum atomic E-state index is -1.67. The smallest absolute Gasteiger partial charge is 0.337 e. The lowest BCUT2D eigenvalue weighted by atomic mass is 9.84. The van der Waals surface area contributed by atoms with E-state index in [2.05, 4.69) is 34.6 Å². The first-order valence-electron chi connectivity index (χ1n) is 19.3. The molecule has 0 spiro atoms. The molecule has 6 amide bonds. The van der Waals surface area contributed by atoms with Gasteiger partial charge in [-0.05, 0) is 38.0 Å². The molecule has 322 valence electrons. The van der Waals surface area contributed by atoms with Crippen molar-refractivity contribution >= 4 is 76.3 Å². The Balaban J connectivity index is 2.32. The lowest BCUT2D eigenvalue weighted by Crippen LogP contribution is -2.59. The van der Waals surface area contributed by atoms with Crippen LogP contribution in [0.4, 0.5) is 0 Å². The normalized spacial score (nSPS) is 17.5. The van der Waals surface area contributed by atoms with E-state index in [1.165, 1.54) is 29.9 Å². The maximum absolute atomic E-state index is 14.0. The number of primary amides is 1. The fourth-order valence-electron chi connectivity index (χ4n) is 6.56. The molecule has 2 rings (SSSR count). The summed E-state index contributed by atoms with van der Waals surface area (Å²) in [5.74, 6) is -6.40. The summed E-state index contributed by atoms with van der Waals surface area (Å²) in [4.78, 5) is 111. The van der Waals surface area contributed by atoms with Gasteiger partial charge in [0.25, 0.3) is 0 Å². The molecular weight excluding hydrogens is 861 g/mol. The molecule has 0 aromatic carbocycles. The fourth-order valence-corrected chi connectivity index (χ4v) is 6.94. The number of carboxylic acid groups (broad SMARTS) is 1. The highest BCUT2D eigenvalue weighted by Crippen LogP contribution is 2.27. The van der Waals surface area contributed by atoms with Crippen LogP contribution < -0.4 is 32.3 Å². The van der Waals surface area contributed by atoms with Crippen LogP contribution in [0.1, 0.15) is 85.0 Å². The summed E-state index contributed by atoms with van der Waals surface area (Å²) in [6.45, 7) is 6.79. The van der Waals surface area contributed by atoms with Crippen LogP contribution in [0.25, 0.3) is 0 Å². The van der Waals surface area contributed by atoms with Crippen molar-refractivity contribution in [3.63, 3.8) is 0 Å². The Bertz CT molecular complexity index is 1440. The van der Waals surface area contributed by atoms with Gasteiger partial charge in [-0.25, -0.2) is 9.79 Å². The number of carboxylic acids is 1. The van der Waals surface area contributed by atoms with Crippen LogP contribution in [0.5, 0.6) is 0 Å². The number of halogens is 1. The molecule has 1 aliphatic heterocycles. The number of nitrogens with one attached hydrogen (secondary N) is 5. The number of aliphatic carboxylic acids is 1. The molecule has 0 bridgehead atoms. The SMILES string of the molecule is CC(C)C[C@H](NC(=O)[C@H](CC(=O)O)NC(=O)[C@H](CC1CCCCC1)NC(=O)[C@H](CCC(N)=O)NC(=O)C/N=C(\N(C)C)N1CCOCC1)C(=O)N[C@@H](C)C(=O)OI. The number of carbonyl (C=O) groups excluding carboxylic acids is 7. The molecule has 20 nitrogen and oxygen atoms in total. The van der Waals surface area contributed by atoms with Crippen LogP contribution in [-0.4, -0.2) is 145 Å². The Hall–Kier alpha value is -4.28. The monoisotopic (exact) mass is 921 g/mol. The maximum atomic E-state index is 14.0. The molecule has 0 aromatic rings. The van der Waals surface area contributed by atoms with Gasteiger partial charge in [-0.15, -0.1) is 0 Å². The van der Waals surface area contributed by atoms with E-state index in [9.17, 15) is 43.5 Å². The number of nitrogens with two attached hydrogens (primary N) is 1. The molecule has 21 heteroatoms. The van der Waals surface area contributed by atoms with Crippen LogP contribution >= 0.6 is 23.0 Å². The predicted molar refractivity (Wildman–Crippen MR) is 215 cm³/mol. The number of hydrogen-bond acceptors (Lipinski definition) is 11. The second-order valence-corrected chi connectivity index (χ2v) is 15.5. The Labute approximate surface area is 347 Å². The van der Waals surface area contributed by atoms with Crippen molar-refractivity contribution < 1.29 is 51.3 Å². The quantitative estimate of drug-likeness (QED) is 0.0428. The van der Waals surface area contributed by atoms with E-state index >= 15 is 0 Å². The summed E-state index contributed by atoms with van der Waals surface area (Å²) in [5.41, 5.74) is 5.38. The Morgan fingerprint density at radius 3 is 1.96 bits per heavy atom. The van der Waals surface area contributed by atoms with Crippen molar-refractivity contribution in [1.29, 1.82) is 0 Å². The molecule has 0 aromatic heterocycles. The van der Waals surface area contributed by atoms with Crippen molar-refractivity contribution in [1.82, 2.24) is 36.4 Å². The second-order valence-electron chi connectivity index (χ2n) is 15.0. The molecule has 1 saturated carbocycles. The molecule has 1 heterocycles. The zero-order chi connectivity index (χ0) is 42.7. The number of carbonyl (C=O) groups is 8. The number of morpholine rings is 1. The average Bonchev–Trinajstić information content (AvgIpc) is 3.15. The lowest BCUT2D eigenvalue weighted by Gasteiger charge is -2.33. The van der Waals surface area contributed by atoms with E-state index in [4.69, 9.17) is 10.5 Å². The molecule has 0 unspecified atom stereocenters. The number of rotatable bonds is 21. The summed E-state index contributed by atoms with van der Waals surface area (Å²) in [7, 11) is 3.57. The summed E-state index contributed by atoms with van der Waals surface area (Å²) in [6.07, 6.45) is 3.32. The molecule has 5 atom stereocenters. The minimum Gasteiger partial charge on any atom is -0.481 e. The number of ether oxygens (including phenoxy) is 1. The van der Waals surface area contributed by atoms with Gasteiger partial charge in [-0.3, -0.25) is 33.6 Å². The van der Waals surface area contributed by atoms with Gasteiger partial charge < -0.3 is 55.0 Å². The van der Waals surface area contributed by atoms with Gasteiger partial charge in [0.2, 0.25) is 35.4 Å². The van der Waals surface area contributed by atoms with Crippen LogP contribution in [0.2, 0.25) is 0 Å². The number of amides is 6. The van der Waals surface area contributed by atoms with Crippen molar-refractivity contribution in [3.05, 3.63) is 0 Å². The van der Waals surface area contributed by atoms with Gasteiger partial charge in [0.1, 0.15) is 36.8 Å². The van der Waals surface area contributed by atoms with E-state index in [0.717, 1.165) is 32.1 Å². The Kier molecular flexibility index (Phi) is 21.6. The van der Waals surface area contributed by atoms with Gasteiger partial charge in [0, 0.05) is 33.6 Å². The van der Waals surface area contributed by atoms with Gasteiger partial charge >= 0.3 is 11.9 Å². The number of nitrogens with zero attached hydrogens (tertiary/aromatic N) is 3. The first-order valence-corrected chi connectivity index (χ1v) is 20.2. The summed E-state index contributed by atoms with van der Waals surface area (Å²) in [6, 6.07) is -6.48. The predicted octanol–water partition coefficient (Wildman–Crippen LogP) is -0.670. The highest BCUT2D eigenvalue weighted by atomic mass is 127. The van der Waals surface area contributed by atoms with E-state index < -0.39 is 84.0 Å². The van der Waals surface area contributed by atoms with Crippen LogP contribution in [0, 0.1) is 11.8 Å². The summed E-state index contributed by atoms with van der Waals surface area (Å²) in [5, 5.41) is 22.4. The highest BCUT2D eigenvalue weighted by molar-refractivity contribution is 14.1. The molecule has 2 fully saturated rings. The van der Waals surface area contributed by atoms with E-state index in [0.29, 0.717) is 32.3 Å². The van der Waals surface area contributed by atoms with E-state index in [1.54, 1.807) is 32.8 Å². The summed E-state index contributed by atoms with van der Waals surface area (Å²) < 4.78 is 10.0. The third kappa shape index (κ3) is 18.2. The zero-order valence-electron chi connectivity index (χ0n) is 33.5. The van der Waals surface area contributed by atoms with Crippen LogP contribution in [-0.2, 0) is 46.2 Å². The number of aliphatic imine (C=N–C) groups is 1. The summed E-state index contributed by atoms with van der Waals surface area (Å²) >= 11 is 1.38. The number of hydrogen-bond donors (Lipinski definition) is 7. The standard InChI is InChI=1S/C36H60IN9O11/c1-21(2)17-25(32(52)40-22(3)35(55)57-37)42-34(54)27(19-30(49)50)44-33(53)26(18-23-9-7-6-8-10-23)43-31(51)24(11-12-28(38)47)41-29(48)20-39-36(45(4)5)46-13-15-56-16-14-46/h21-27H,6-20H2,1-5H3,(H2,38,47)(H,40,52)(H,41,48)(H,42,54)(H,43,51)(H,44,53)(H,49,50)/b39-36+/t22-,24-,25-,26-,27-/m0/s1. The molecular formula is C36H60IN9O11.